The maximum absolute atomic E-state index is 12.1. The molecule has 0 saturated carbocycles. The van der Waals surface area contributed by atoms with Crippen LogP contribution in [0.3, 0.4) is 0 Å². The Morgan fingerprint density at radius 2 is 1.70 bits per heavy atom. The summed E-state index contributed by atoms with van der Waals surface area (Å²) in [4.78, 5) is 35.7. The van der Waals surface area contributed by atoms with Crippen LogP contribution in [-0.2, 0) is 4.79 Å². The van der Waals surface area contributed by atoms with E-state index < -0.39 is 0 Å². The number of carbonyl (C=O) groups excluding carboxylic acids is 3. The molecule has 0 radical (unpaired) electrons. The van der Waals surface area contributed by atoms with Gasteiger partial charge in [-0.3, -0.25) is 14.4 Å². The van der Waals surface area contributed by atoms with E-state index in [-0.39, 0.29) is 35.4 Å². The van der Waals surface area contributed by atoms with E-state index in [2.05, 4.69) is 16.0 Å². The molecule has 1 aromatic carbocycles. The minimum absolute atomic E-state index is 0.158. The number of hydrogen-bond acceptors (Lipinski definition) is 4. The number of furan rings is 1. The lowest BCUT2D eigenvalue weighted by atomic mass is 10.1. The number of rotatable bonds is 7. The molecule has 144 valence electrons. The first kappa shape index (κ1) is 20.2. The summed E-state index contributed by atoms with van der Waals surface area (Å²) >= 11 is 0. The van der Waals surface area contributed by atoms with Gasteiger partial charge in [0.2, 0.25) is 5.91 Å². The molecule has 0 fully saturated rings. The van der Waals surface area contributed by atoms with Gasteiger partial charge in [-0.15, -0.1) is 0 Å². The van der Waals surface area contributed by atoms with Gasteiger partial charge in [-0.2, -0.15) is 0 Å². The normalized spacial score (nSPS) is 10.9. The molecule has 0 atom stereocenters. The molecule has 1 heterocycles. The Labute approximate surface area is 158 Å². The van der Waals surface area contributed by atoms with Crippen molar-refractivity contribution in [3.63, 3.8) is 0 Å². The molecule has 0 unspecified atom stereocenters. The van der Waals surface area contributed by atoms with E-state index in [9.17, 15) is 14.4 Å². The van der Waals surface area contributed by atoms with Crippen LogP contribution < -0.4 is 16.0 Å². The van der Waals surface area contributed by atoms with E-state index in [0.29, 0.717) is 24.2 Å². The molecule has 3 amide bonds. The monoisotopic (exact) mass is 371 g/mol. The van der Waals surface area contributed by atoms with Crippen molar-refractivity contribution in [1.82, 2.24) is 10.6 Å². The third-order valence-electron chi connectivity index (χ3n) is 3.53. The molecule has 0 aliphatic heterocycles. The van der Waals surface area contributed by atoms with Crippen molar-refractivity contribution in [2.24, 2.45) is 0 Å². The molecule has 0 aliphatic rings. The quantitative estimate of drug-likeness (QED) is 0.652. The Bertz CT molecular complexity index is 775. The maximum Gasteiger partial charge on any atom is 0.286 e. The highest BCUT2D eigenvalue weighted by Gasteiger charge is 2.15. The van der Waals surface area contributed by atoms with Crippen LogP contribution in [0.4, 0.5) is 5.69 Å². The zero-order valence-electron chi connectivity index (χ0n) is 15.8. The first-order valence-corrected chi connectivity index (χ1v) is 8.79. The summed E-state index contributed by atoms with van der Waals surface area (Å²) in [5.74, 6) is -0.374. The van der Waals surface area contributed by atoms with Gasteiger partial charge < -0.3 is 20.4 Å². The van der Waals surface area contributed by atoms with E-state index in [0.717, 1.165) is 0 Å². The third kappa shape index (κ3) is 6.97. The molecular weight excluding hydrogens is 346 g/mol. The fourth-order valence-electron chi connectivity index (χ4n) is 2.29. The maximum atomic E-state index is 12.1. The molecule has 2 rings (SSSR count). The molecule has 3 N–H and O–H groups in total. The predicted molar refractivity (Wildman–Crippen MR) is 103 cm³/mol. The largest absolute Gasteiger partial charge is 0.459 e. The third-order valence-corrected chi connectivity index (χ3v) is 3.53. The van der Waals surface area contributed by atoms with E-state index in [1.54, 1.807) is 36.4 Å². The van der Waals surface area contributed by atoms with Crippen LogP contribution >= 0.6 is 0 Å². The van der Waals surface area contributed by atoms with Crippen molar-refractivity contribution >= 4 is 23.4 Å². The van der Waals surface area contributed by atoms with Crippen molar-refractivity contribution < 1.29 is 18.8 Å². The lowest BCUT2D eigenvalue weighted by molar-refractivity contribution is -0.116. The molecule has 0 bridgehead atoms. The second-order valence-corrected chi connectivity index (χ2v) is 7.17. The number of benzene rings is 1. The first-order valence-electron chi connectivity index (χ1n) is 8.79. The number of amides is 3. The van der Waals surface area contributed by atoms with Crippen LogP contribution in [0.25, 0.3) is 0 Å². The van der Waals surface area contributed by atoms with Crippen LogP contribution in [0, 0.1) is 0 Å². The fourth-order valence-corrected chi connectivity index (χ4v) is 2.29. The summed E-state index contributed by atoms with van der Waals surface area (Å²) in [7, 11) is 0. The van der Waals surface area contributed by atoms with E-state index in [4.69, 9.17) is 4.42 Å². The SMILES string of the molecule is CC(C)(C)NC(=O)c1ccc(NC(=O)CCCNC(=O)c2ccco2)cc1. The Morgan fingerprint density at radius 1 is 1.00 bits per heavy atom. The second-order valence-electron chi connectivity index (χ2n) is 7.17. The highest BCUT2D eigenvalue weighted by molar-refractivity contribution is 5.96. The first-order chi connectivity index (χ1) is 12.7. The Kier molecular flexibility index (Phi) is 6.76. The highest BCUT2D eigenvalue weighted by Crippen LogP contribution is 2.11. The van der Waals surface area contributed by atoms with Gasteiger partial charge in [0.25, 0.3) is 11.8 Å². The highest BCUT2D eigenvalue weighted by atomic mass is 16.3. The molecule has 27 heavy (non-hydrogen) atoms. The summed E-state index contributed by atoms with van der Waals surface area (Å²) < 4.78 is 4.99. The number of anilines is 1. The van der Waals surface area contributed by atoms with Gasteiger partial charge >= 0.3 is 0 Å². The van der Waals surface area contributed by atoms with Crippen molar-refractivity contribution in [3.8, 4) is 0 Å². The number of carbonyl (C=O) groups is 3. The van der Waals surface area contributed by atoms with Gasteiger partial charge in [-0.25, -0.2) is 0 Å². The standard InChI is InChI=1S/C20H25N3O4/c1-20(2,3)23-18(25)14-8-10-15(11-9-14)22-17(24)7-4-12-21-19(26)16-6-5-13-27-16/h5-6,8-11,13H,4,7,12H2,1-3H3,(H,21,26)(H,22,24)(H,23,25). The van der Waals surface area contributed by atoms with Crippen LogP contribution in [0.1, 0.15) is 54.5 Å². The zero-order valence-corrected chi connectivity index (χ0v) is 15.8. The summed E-state index contributed by atoms with van der Waals surface area (Å²) in [6.45, 7) is 6.11. The van der Waals surface area contributed by atoms with Gasteiger partial charge in [0.05, 0.1) is 6.26 Å². The van der Waals surface area contributed by atoms with Gasteiger partial charge in [-0.1, -0.05) is 0 Å². The lowest BCUT2D eigenvalue weighted by Gasteiger charge is -2.20. The molecule has 1 aromatic heterocycles. The van der Waals surface area contributed by atoms with Crippen LogP contribution in [0.2, 0.25) is 0 Å². The molecule has 2 aromatic rings. The van der Waals surface area contributed by atoms with Crippen molar-refractivity contribution in [3.05, 3.63) is 54.0 Å². The minimum Gasteiger partial charge on any atom is -0.459 e. The average molecular weight is 371 g/mol. The number of hydrogen-bond donors (Lipinski definition) is 3. The Morgan fingerprint density at radius 3 is 2.30 bits per heavy atom. The van der Waals surface area contributed by atoms with Crippen molar-refractivity contribution in [1.29, 1.82) is 0 Å². The van der Waals surface area contributed by atoms with Crippen molar-refractivity contribution in [2.75, 3.05) is 11.9 Å². The Hall–Kier alpha value is -3.09. The van der Waals surface area contributed by atoms with Crippen molar-refractivity contribution in [2.45, 2.75) is 39.2 Å². The molecule has 0 saturated heterocycles. The smallest absolute Gasteiger partial charge is 0.286 e. The summed E-state index contributed by atoms with van der Waals surface area (Å²) in [5.41, 5.74) is 0.839. The Balaban J connectivity index is 1.72. The van der Waals surface area contributed by atoms with Crippen LogP contribution in [-0.4, -0.2) is 29.8 Å². The van der Waals surface area contributed by atoms with E-state index in [1.165, 1.54) is 6.26 Å². The van der Waals surface area contributed by atoms with Gasteiger partial charge in [0.1, 0.15) is 0 Å². The molecule has 7 heteroatoms. The van der Waals surface area contributed by atoms with E-state index >= 15 is 0 Å². The zero-order chi connectivity index (χ0) is 19.9. The molecule has 7 nitrogen and oxygen atoms in total. The molecule has 0 aliphatic carbocycles. The van der Waals surface area contributed by atoms with Crippen LogP contribution in [0.15, 0.2) is 47.1 Å². The molecular formula is C20H25N3O4. The second kappa shape index (κ2) is 9.02. The minimum atomic E-state index is -0.309. The summed E-state index contributed by atoms with van der Waals surface area (Å²) in [6, 6.07) is 9.93. The average Bonchev–Trinajstić information content (AvgIpc) is 3.12. The predicted octanol–water partition coefficient (Wildman–Crippen LogP) is 2.96. The van der Waals surface area contributed by atoms with Gasteiger partial charge in [0.15, 0.2) is 5.76 Å². The molecule has 0 spiro atoms. The summed E-state index contributed by atoms with van der Waals surface area (Å²) in [6.07, 6.45) is 2.20. The van der Waals surface area contributed by atoms with Gasteiger partial charge in [0, 0.05) is 29.8 Å². The fraction of sp³-hybridized carbons (Fsp3) is 0.350. The topological polar surface area (TPSA) is 100 Å². The lowest BCUT2D eigenvalue weighted by Crippen LogP contribution is -2.40. The van der Waals surface area contributed by atoms with Gasteiger partial charge in [-0.05, 0) is 63.6 Å². The van der Waals surface area contributed by atoms with Crippen LogP contribution in [0.5, 0.6) is 0 Å². The number of nitrogens with one attached hydrogen (secondary N) is 3. The van der Waals surface area contributed by atoms with E-state index in [1.807, 2.05) is 20.8 Å². The summed E-state index contributed by atoms with van der Waals surface area (Å²) in [5, 5.41) is 8.34.